The maximum Gasteiger partial charge on any atom is 0.296 e. The van der Waals surface area contributed by atoms with Gasteiger partial charge in [-0.3, -0.25) is 62.3 Å². The average molecular weight is 1890 g/mol. The Balaban J connectivity index is -0.0000000939. The molecule has 0 atom stereocenters. The van der Waals surface area contributed by atoms with Crippen molar-refractivity contribution in [3.8, 4) is 24.2 Å². The van der Waals surface area contributed by atoms with Crippen LogP contribution >= 0.6 is 0 Å². The van der Waals surface area contributed by atoms with E-state index in [-0.39, 0.29) is 150 Å². The quantitative estimate of drug-likeness (QED) is 0.0174. The van der Waals surface area contributed by atoms with Crippen LogP contribution in [-0.2, 0) is 72.4 Å². The maximum atomic E-state index is 12.0. The molecule has 0 fully saturated rings. The molecule has 0 aromatic rings. The van der Waals surface area contributed by atoms with E-state index < -0.39 is 45.5 Å². The molecule has 28 nitrogen and oxygen atoms in total. The minimum Gasteiger partial charge on any atom is -0.350 e. The van der Waals surface area contributed by atoms with E-state index in [2.05, 4.69) is 94.8 Å². The summed E-state index contributed by atoms with van der Waals surface area (Å²) in [4.78, 5) is 140. The minimum absolute atomic E-state index is 0.00463. The molecule has 35 heteroatoms. The fourth-order valence-corrected chi connectivity index (χ4v) is 7.40. The molecule has 0 spiro atoms. The summed E-state index contributed by atoms with van der Waals surface area (Å²) in [5, 5.41) is 29.2. The normalized spacial score (nSPS) is 10.3. The molecular weight excluding hydrogens is 1720 g/mol. The van der Waals surface area contributed by atoms with Crippen LogP contribution in [0.2, 0.25) is 0 Å². The Labute approximate surface area is 784 Å². The monoisotopic (exact) mass is 1890 g/mol. The van der Waals surface area contributed by atoms with Crippen LogP contribution in [0.25, 0.3) is 0 Å². The predicted octanol–water partition coefficient (Wildman–Crippen LogP) is 15.4. The van der Waals surface area contributed by atoms with Crippen molar-refractivity contribution in [3.63, 3.8) is 0 Å². The van der Waals surface area contributed by atoms with Crippen LogP contribution in [0, 0.1) is 36.0 Å². The number of likely N-dealkylation sites (N-methyl/N-ethyl adjacent to an activating group) is 1. The van der Waals surface area contributed by atoms with E-state index in [1.165, 1.54) is 19.9 Å². The van der Waals surface area contributed by atoms with Crippen molar-refractivity contribution >= 4 is 86.6 Å². The standard InChI is InChI=1S/C9H18N2O.C8H15NO.2C8H14O.2C7H12FNO.C7H13NO.C7H11NO.C6H9F2NO.2C6H10FNO.C6H11NO.C6H9NO.C5H11NO2S/c1-8(2)10-9(12)6-5-7-11(3)4;1-6(2)5-8(10)9-7(3)4;2*1-4-5-8(9)6-7(2)3;2*1-5(2)9-7(10)4-6(3)8;1-5(2)7(9)8-6(3)4;1-4-5-7(9)8-6(2)3;1-4(2)9-6(10)3-5(7)8;2*1-5(2)8-6(9)3-4-7;2*1-4-6(8)7-5(2)3;1-4-9(7,8)6-5(2)3/h5-6,8H,7H2,1-4H3,(H,10,12);5,7H,1-4H3,(H,9,10);2*4-5,7H,6H2,1-3H3;2*4-5H,1-3H3,(H,9,10);6H,1H2,2-4H3,(H,8,9);6H,1-3H3,(H,8,9);3-4H,1-2H3,(H,9,10);2*3-5H,1-2H3,(H,8,9);4-5H,1H2,2-3H3,(H,7,8);1,5H,2-3H3,(H,7,8);4-6H,1H2,2-3H3/b6-5+;;5-4+;5-4-;6-4+;6-4-;;;;4-3+;4-3-;;;. The summed E-state index contributed by atoms with van der Waals surface area (Å²) < 4.78 is 92.7. The van der Waals surface area contributed by atoms with Gasteiger partial charge in [0.25, 0.3) is 17.9 Å². The minimum atomic E-state index is -3.20. The van der Waals surface area contributed by atoms with E-state index in [4.69, 9.17) is 6.42 Å². The number of terminal acetylenes is 1. The topological polar surface area (TPSA) is 404 Å². The lowest BCUT2D eigenvalue weighted by Crippen LogP contribution is -2.30. The number of carbonyl (C=O) groups excluding carboxylic acids is 13. The zero-order valence-electron chi connectivity index (χ0n) is 85.9. The van der Waals surface area contributed by atoms with Gasteiger partial charge in [-0.25, -0.2) is 30.7 Å². The second-order valence-electron chi connectivity index (χ2n) is 32.2. The number of sulfonamides is 1. The Hall–Kier alpha value is -11.0. The van der Waals surface area contributed by atoms with E-state index in [9.17, 15) is 97.1 Å². The molecule has 0 heterocycles. The van der Waals surface area contributed by atoms with Gasteiger partial charge in [-0.2, -0.15) is 8.78 Å². The van der Waals surface area contributed by atoms with Crippen molar-refractivity contribution in [3.05, 3.63) is 146 Å². The van der Waals surface area contributed by atoms with Crippen molar-refractivity contribution in [1.29, 1.82) is 0 Å². The Bertz CT molecular complexity index is 3440. The predicted molar refractivity (Wildman–Crippen MR) is 527 cm³/mol. The summed E-state index contributed by atoms with van der Waals surface area (Å²) in [6.45, 7) is 76.6. The molecule has 11 amide bonds. The number of hydrogen-bond acceptors (Lipinski definition) is 16. The lowest BCUT2D eigenvalue weighted by atomic mass is 10.1. The maximum absolute atomic E-state index is 12.0. The largest absolute Gasteiger partial charge is 0.350 e. The van der Waals surface area contributed by atoms with Gasteiger partial charge in [-0.15, -0.1) is 6.42 Å². The SMILES string of the molecule is C#CC(=O)NC(C)C.C/C(F)=C/C(=O)NC(C)C.C/C(F)=C\C(=O)NC(C)C.C/C=C/C(=O)CC(C)C.C/C=C\C(=O)CC(C)C.C=C(C)C(=O)NC(C)C.C=CC(=O)NC(C)C.C=CS(=O)(=O)NC(C)C.CC#CC(=O)NC(C)C.CC(C)=CC(=O)NC(C)C.CC(C)NC(=O)/C=C/CN(C)C.CC(C)NC(=O)/C=C/F.CC(C)NC(=O)/C=C\F.CC(C)NC(=O)C=C(F)F. The molecule has 0 aliphatic carbocycles. The number of carbonyl (C=O) groups is 13. The van der Waals surface area contributed by atoms with Gasteiger partial charge in [0.15, 0.2) is 11.6 Å². The molecule has 0 aliphatic heterocycles. The highest BCUT2D eigenvalue weighted by Gasteiger charge is 2.08. The Morgan fingerprint density at radius 3 is 0.847 bits per heavy atom. The Morgan fingerprint density at radius 1 is 0.389 bits per heavy atom. The first kappa shape index (κ1) is 151. The number of allylic oxidation sites excluding steroid dienone is 7. The molecule has 0 rings (SSSR count). The summed E-state index contributed by atoms with van der Waals surface area (Å²) in [6, 6.07) is 1.24. The first-order valence-electron chi connectivity index (χ1n) is 42.5. The van der Waals surface area contributed by atoms with Crippen molar-refractivity contribution in [2.75, 3.05) is 20.6 Å². The smallest absolute Gasteiger partial charge is 0.296 e. The van der Waals surface area contributed by atoms with E-state index in [1.54, 1.807) is 78.0 Å². The number of nitrogens with zero attached hydrogens (tertiary/aromatic N) is 1. The van der Waals surface area contributed by atoms with Crippen LogP contribution in [0.1, 0.15) is 262 Å². The number of nitrogens with one attached hydrogen (secondary N) is 12. The van der Waals surface area contributed by atoms with E-state index in [0.717, 1.165) is 41.8 Å². The Kier molecular flexibility index (Phi) is 117. The van der Waals surface area contributed by atoms with Gasteiger partial charge in [0.2, 0.25) is 63.2 Å². The van der Waals surface area contributed by atoms with Crippen molar-refractivity contribution in [2.45, 2.75) is 335 Å². The fourth-order valence-electron chi connectivity index (χ4n) is 6.64. The summed E-state index contributed by atoms with van der Waals surface area (Å²) in [5.74, 6) is 4.25. The van der Waals surface area contributed by atoms with Crippen LogP contribution in [0.15, 0.2) is 146 Å². The van der Waals surface area contributed by atoms with Gasteiger partial charge in [-0.05, 0) is 278 Å². The summed E-state index contributed by atoms with van der Waals surface area (Å²) in [7, 11) is 0.721. The highest BCUT2D eigenvalue weighted by molar-refractivity contribution is 7.92. The average Bonchev–Trinajstić information content (AvgIpc) is 0.938. The van der Waals surface area contributed by atoms with E-state index in [0.29, 0.717) is 30.3 Å². The lowest BCUT2D eigenvalue weighted by Gasteiger charge is -2.06. The number of rotatable bonds is 31. The van der Waals surface area contributed by atoms with E-state index in [1.807, 2.05) is 225 Å². The van der Waals surface area contributed by atoms with Gasteiger partial charge in [0, 0.05) is 139 Å². The van der Waals surface area contributed by atoms with Gasteiger partial charge in [0.05, 0.1) is 18.7 Å². The number of halogens is 6. The molecule has 131 heavy (non-hydrogen) atoms. The second-order valence-corrected chi connectivity index (χ2v) is 33.8. The van der Waals surface area contributed by atoms with Crippen LogP contribution in [0.3, 0.4) is 0 Å². The summed E-state index contributed by atoms with van der Waals surface area (Å²) in [5.41, 5.74) is 1.59. The summed E-state index contributed by atoms with van der Waals surface area (Å²) >= 11 is 0. The van der Waals surface area contributed by atoms with Crippen LogP contribution in [0.5, 0.6) is 0 Å². The molecule has 0 aromatic carbocycles. The highest BCUT2D eigenvalue weighted by atomic mass is 32.2. The molecule has 0 bridgehead atoms. The zero-order chi connectivity index (χ0) is 107. The van der Waals surface area contributed by atoms with Crippen LogP contribution in [-0.4, -0.2) is 183 Å². The van der Waals surface area contributed by atoms with Crippen LogP contribution in [0.4, 0.5) is 26.3 Å². The number of ketones is 2. The zero-order valence-corrected chi connectivity index (χ0v) is 86.7. The molecule has 0 aliphatic rings. The first-order valence-corrected chi connectivity index (χ1v) is 44.0. The fraction of sp³-hybridized carbons (Fsp3) is 0.573. The van der Waals surface area contributed by atoms with Crippen molar-refractivity contribution in [1.82, 2.24) is 68.1 Å². The molecule has 0 saturated carbocycles. The van der Waals surface area contributed by atoms with Crippen molar-refractivity contribution < 1.29 is 97.1 Å². The second kappa shape index (κ2) is 101. The number of amides is 11. The molecule has 0 radical (unpaired) electrons. The highest BCUT2D eigenvalue weighted by Crippen LogP contribution is 2.02. The molecule has 12 N–H and O–H groups in total. The molecular formula is C96H169F6N13O15S. The van der Waals surface area contributed by atoms with Gasteiger partial charge in [-0.1, -0.05) is 77.2 Å². The molecule has 0 aromatic heterocycles. The van der Waals surface area contributed by atoms with Gasteiger partial charge >= 0.3 is 0 Å². The molecule has 0 unspecified atom stereocenters. The number of hydrogen-bond donors (Lipinski definition) is 12. The Morgan fingerprint density at radius 2 is 0.664 bits per heavy atom. The van der Waals surface area contributed by atoms with Gasteiger partial charge < -0.3 is 63.4 Å². The molecule has 0 saturated heterocycles. The third-order valence-corrected chi connectivity index (χ3v) is 11.9. The van der Waals surface area contributed by atoms with E-state index >= 15 is 0 Å². The summed E-state index contributed by atoms with van der Waals surface area (Å²) in [6.07, 6.45) is 21.5. The third-order valence-electron chi connectivity index (χ3n) is 10.7. The van der Waals surface area contributed by atoms with Gasteiger partial charge in [0.1, 0.15) is 11.7 Å². The lowest BCUT2D eigenvalue weighted by molar-refractivity contribution is -0.118. The first-order chi connectivity index (χ1) is 59.8. The van der Waals surface area contributed by atoms with Crippen LogP contribution < -0.4 is 63.2 Å². The van der Waals surface area contributed by atoms with Crippen molar-refractivity contribution in [2.24, 2.45) is 11.8 Å². The third kappa shape index (κ3) is 184. The molecule has 756 valence electrons.